The van der Waals surface area contributed by atoms with Crippen molar-refractivity contribution < 1.29 is 4.79 Å². The van der Waals surface area contributed by atoms with Crippen LogP contribution < -0.4 is 10.9 Å². The van der Waals surface area contributed by atoms with E-state index in [9.17, 15) is 9.59 Å². The van der Waals surface area contributed by atoms with Crippen LogP contribution in [0.5, 0.6) is 0 Å². The average molecular weight is 277 g/mol. The number of carbonyl (C=O) groups is 1. The molecular weight excluding hydrogens is 254 g/mol. The predicted molar refractivity (Wildman–Crippen MR) is 78.8 cm³/mol. The van der Waals surface area contributed by atoms with Crippen LogP contribution in [0.1, 0.15) is 37.1 Å². The number of aromatic nitrogens is 1. The molecule has 1 heterocycles. The minimum absolute atomic E-state index is 0.0499. The van der Waals surface area contributed by atoms with Gasteiger partial charge in [-0.3, -0.25) is 9.59 Å². The minimum atomic E-state index is -0.0869. The molecule has 0 saturated heterocycles. The molecule has 0 saturated carbocycles. The first-order valence-corrected chi connectivity index (χ1v) is 7.20. The summed E-state index contributed by atoms with van der Waals surface area (Å²) in [5.41, 5.74) is 2.10. The van der Waals surface area contributed by atoms with Gasteiger partial charge in [0.2, 0.25) is 5.91 Å². The van der Waals surface area contributed by atoms with Crippen LogP contribution in [-0.2, 0) is 17.8 Å². The van der Waals surface area contributed by atoms with Gasteiger partial charge in [-0.25, -0.2) is 0 Å². The molecule has 1 aliphatic rings. The van der Waals surface area contributed by atoms with Gasteiger partial charge >= 0.3 is 0 Å². The van der Waals surface area contributed by atoms with E-state index in [1.54, 1.807) is 24.7 Å². The highest BCUT2D eigenvalue weighted by atomic mass is 16.2. The molecule has 5 nitrogen and oxygen atoms in total. The lowest BCUT2D eigenvalue weighted by molar-refractivity contribution is -0.129. The van der Waals surface area contributed by atoms with Crippen molar-refractivity contribution in [1.82, 2.24) is 14.8 Å². The summed E-state index contributed by atoms with van der Waals surface area (Å²) in [5, 5.41) is 3.45. The number of pyridine rings is 1. The van der Waals surface area contributed by atoms with E-state index in [1.165, 1.54) is 10.5 Å². The molecule has 1 atom stereocenters. The molecule has 0 fully saturated rings. The third-order valence-electron chi connectivity index (χ3n) is 3.86. The number of carbonyl (C=O) groups excluding carboxylic acids is 1. The third-order valence-corrected chi connectivity index (χ3v) is 3.86. The summed E-state index contributed by atoms with van der Waals surface area (Å²) in [7, 11) is 3.43. The van der Waals surface area contributed by atoms with Crippen LogP contribution in [0.15, 0.2) is 16.9 Å². The van der Waals surface area contributed by atoms with E-state index >= 15 is 0 Å². The number of nitrogens with zero attached hydrogens (tertiary/aromatic N) is 2. The number of rotatable bonds is 4. The lowest BCUT2D eigenvalue weighted by Gasteiger charge is -2.28. The van der Waals surface area contributed by atoms with E-state index in [1.807, 2.05) is 6.07 Å². The number of hydrogen-bond donors (Lipinski definition) is 1. The Morgan fingerprint density at radius 3 is 2.85 bits per heavy atom. The Balaban J connectivity index is 2.39. The van der Waals surface area contributed by atoms with Gasteiger partial charge in [0, 0.05) is 31.9 Å². The van der Waals surface area contributed by atoms with Crippen molar-refractivity contribution in [1.29, 1.82) is 0 Å². The maximum absolute atomic E-state index is 12.1. The zero-order valence-electron chi connectivity index (χ0n) is 12.5. The maximum Gasteiger partial charge on any atom is 0.251 e. The van der Waals surface area contributed by atoms with Crippen molar-refractivity contribution >= 4 is 5.91 Å². The Hall–Kier alpha value is -1.62. The van der Waals surface area contributed by atoms with Crippen LogP contribution in [0.2, 0.25) is 0 Å². The van der Waals surface area contributed by atoms with Crippen molar-refractivity contribution in [2.45, 2.75) is 38.8 Å². The van der Waals surface area contributed by atoms with E-state index in [2.05, 4.69) is 12.2 Å². The predicted octanol–water partition coefficient (Wildman–Crippen LogP) is 0.923. The van der Waals surface area contributed by atoms with Crippen LogP contribution in [0.25, 0.3) is 0 Å². The standard InChI is InChI=1S/C15H23N3O2/c1-4-16-12-6-5-7-13-11(12)8-9-14(19)18(13)10-15(20)17(2)3/h8-9,12,16H,4-7,10H2,1-3H3. The Bertz CT molecular complexity index is 549. The monoisotopic (exact) mass is 277 g/mol. The van der Waals surface area contributed by atoms with Gasteiger partial charge in [0.25, 0.3) is 5.56 Å². The summed E-state index contributed by atoms with van der Waals surface area (Å²) < 4.78 is 1.64. The number of hydrogen-bond acceptors (Lipinski definition) is 3. The summed E-state index contributed by atoms with van der Waals surface area (Å²) in [5.74, 6) is -0.0499. The highest BCUT2D eigenvalue weighted by Gasteiger charge is 2.23. The molecule has 0 radical (unpaired) electrons. The highest BCUT2D eigenvalue weighted by Crippen LogP contribution is 2.28. The molecule has 0 bridgehead atoms. The fourth-order valence-electron chi connectivity index (χ4n) is 2.77. The summed E-state index contributed by atoms with van der Waals surface area (Å²) in [6.45, 7) is 3.12. The van der Waals surface area contributed by atoms with Gasteiger partial charge in [-0.05, 0) is 31.4 Å². The molecule has 0 aromatic carbocycles. The first-order chi connectivity index (χ1) is 9.54. The molecule has 1 unspecified atom stereocenters. The molecular formula is C15H23N3O2. The summed E-state index contributed by atoms with van der Waals surface area (Å²) in [4.78, 5) is 25.5. The maximum atomic E-state index is 12.1. The second-order valence-electron chi connectivity index (χ2n) is 5.45. The van der Waals surface area contributed by atoms with Gasteiger partial charge in [-0.1, -0.05) is 13.0 Å². The van der Waals surface area contributed by atoms with Crippen molar-refractivity contribution in [2.24, 2.45) is 0 Å². The minimum Gasteiger partial charge on any atom is -0.347 e. The molecule has 0 aliphatic heterocycles. The van der Waals surface area contributed by atoms with E-state index in [4.69, 9.17) is 0 Å². The topological polar surface area (TPSA) is 54.3 Å². The van der Waals surface area contributed by atoms with Crippen molar-refractivity contribution in [3.63, 3.8) is 0 Å². The van der Waals surface area contributed by atoms with Crippen molar-refractivity contribution in [3.05, 3.63) is 33.7 Å². The summed E-state index contributed by atoms with van der Waals surface area (Å²) in [6.07, 6.45) is 3.00. The lowest BCUT2D eigenvalue weighted by atomic mass is 9.91. The summed E-state index contributed by atoms with van der Waals surface area (Å²) >= 11 is 0. The fraction of sp³-hybridized carbons (Fsp3) is 0.600. The van der Waals surface area contributed by atoms with Crippen LogP contribution >= 0.6 is 0 Å². The second-order valence-corrected chi connectivity index (χ2v) is 5.45. The zero-order valence-corrected chi connectivity index (χ0v) is 12.5. The molecule has 20 heavy (non-hydrogen) atoms. The van der Waals surface area contributed by atoms with Crippen LogP contribution in [0, 0.1) is 0 Å². The van der Waals surface area contributed by atoms with Gasteiger partial charge in [-0.2, -0.15) is 0 Å². The molecule has 5 heteroatoms. The number of amides is 1. The SMILES string of the molecule is CCNC1CCCc2c1ccc(=O)n2CC(=O)N(C)C. The molecule has 2 rings (SSSR count). The number of likely N-dealkylation sites (N-methyl/N-ethyl adjacent to an activating group) is 1. The number of nitrogens with one attached hydrogen (secondary N) is 1. The first kappa shape index (κ1) is 14.8. The van der Waals surface area contributed by atoms with Gasteiger partial charge in [-0.15, -0.1) is 0 Å². The summed E-state index contributed by atoms with van der Waals surface area (Å²) in [6, 6.07) is 3.79. The molecule has 1 N–H and O–H groups in total. The van der Waals surface area contributed by atoms with Gasteiger partial charge < -0.3 is 14.8 Å². The van der Waals surface area contributed by atoms with Crippen LogP contribution in [0.4, 0.5) is 0 Å². The Morgan fingerprint density at radius 2 is 2.20 bits per heavy atom. The fourth-order valence-corrected chi connectivity index (χ4v) is 2.77. The smallest absolute Gasteiger partial charge is 0.251 e. The van der Waals surface area contributed by atoms with E-state index in [0.29, 0.717) is 6.04 Å². The van der Waals surface area contributed by atoms with Gasteiger partial charge in [0.05, 0.1) is 0 Å². The van der Waals surface area contributed by atoms with Crippen LogP contribution in [-0.4, -0.2) is 36.0 Å². The third kappa shape index (κ3) is 2.93. The van der Waals surface area contributed by atoms with E-state index in [-0.39, 0.29) is 18.0 Å². The number of fused-ring (bicyclic) bond motifs is 1. The Morgan fingerprint density at radius 1 is 1.45 bits per heavy atom. The van der Waals surface area contributed by atoms with E-state index in [0.717, 1.165) is 31.5 Å². The molecule has 1 aromatic heterocycles. The lowest BCUT2D eigenvalue weighted by Crippen LogP contribution is -2.36. The van der Waals surface area contributed by atoms with Gasteiger partial charge in [0.1, 0.15) is 6.54 Å². The normalized spacial score (nSPS) is 17.6. The van der Waals surface area contributed by atoms with Gasteiger partial charge in [0.15, 0.2) is 0 Å². The average Bonchev–Trinajstić information content (AvgIpc) is 2.42. The molecule has 0 spiro atoms. The second kappa shape index (κ2) is 6.22. The largest absolute Gasteiger partial charge is 0.347 e. The van der Waals surface area contributed by atoms with E-state index < -0.39 is 0 Å². The molecule has 1 aromatic rings. The zero-order chi connectivity index (χ0) is 14.7. The quantitative estimate of drug-likeness (QED) is 0.890. The Kier molecular flexibility index (Phi) is 4.60. The molecule has 1 aliphatic carbocycles. The molecule has 110 valence electrons. The van der Waals surface area contributed by atoms with Crippen LogP contribution in [0.3, 0.4) is 0 Å². The molecule has 1 amide bonds. The van der Waals surface area contributed by atoms with Crippen molar-refractivity contribution in [3.8, 4) is 0 Å². The highest BCUT2D eigenvalue weighted by molar-refractivity contribution is 5.75. The van der Waals surface area contributed by atoms with Crippen molar-refractivity contribution in [2.75, 3.05) is 20.6 Å². The Labute approximate surface area is 119 Å². The first-order valence-electron chi connectivity index (χ1n) is 7.20.